The fourth-order valence-corrected chi connectivity index (χ4v) is 15.5. The molecule has 10 atom stereocenters. The van der Waals surface area contributed by atoms with Crippen LogP contribution in [0.5, 0.6) is 5.75 Å². The number of carbonyl (C=O) groups is 8. The predicted molar refractivity (Wildman–Crippen MR) is 345 cm³/mol. The Bertz CT molecular complexity index is 4570. The molecule has 32 nitrogen and oxygen atoms in total. The highest BCUT2D eigenvalue weighted by Crippen LogP contribution is 2.43. The zero-order valence-corrected chi connectivity index (χ0v) is 55.8. The zero-order chi connectivity index (χ0) is 69.0. The van der Waals surface area contributed by atoms with Gasteiger partial charge in [0.05, 0.1) is 48.8 Å². The van der Waals surface area contributed by atoms with Crippen molar-refractivity contribution < 1.29 is 87.3 Å². The van der Waals surface area contributed by atoms with Crippen LogP contribution >= 0.6 is 56.7 Å². The van der Waals surface area contributed by atoms with Gasteiger partial charge in [-0.3, -0.25) is 28.8 Å². The summed E-state index contributed by atoms with van der Waals surface area (Å²) in [7, 11) is 2.94. The van der Waals surface area contributed by atoms with Gasteiger partial charge in [-0.05, 0) is 52.4 Å². The van der Waals surface area contributed by atoms with Crippen molar-refractivity contribution in [2.45, 2.75) is 108 Å². The van der Waals surface area contributed by atoms with Crippen molar-refractivity contribution in [3.05, 3.63) is 124 Å². The average Bonchev–Trinajstić information content (AvgIpc) is 1.61. The molecule has 506 valence electrons. The third-order valence-corrected chi connectivity index (χ3v) is 20.6. The molecule has 11 heterocycles. The number of nitrogens with one attached hydrogen (secondary N) is 6. The summed E-state index contributed by atoms with van der Waals surface area (Å²) in [5, 5.41) is 70.1. The van der Waals surface area contributed by atoms with E-state index in [4.69, 9.17) is 49.1 Å². The molecule has 1 fully saturated rings. The number of pyridine rings is 1. The predicted octanol–water partition coefficient (Wildman–Crippen LogP) is 3.55. The number of esters is 2. The highest BCUT2D eigenvalue weighted by molar-refractivity contribution is 7.14. The first-order valence-corrected chi connectivity index (χ1v) is 33.7. The van der Waals surface area contributed by atoms with Gasteiger partial charge in [0, 0.05) is 49.8 Å². The van der Waals surface area contributed by atoms with E-state index in [2.05, 4.69) is 53.4 Å². The number of carbonyl (C=O) groups excluding carboxylic acids is 8. The molecule has 4 aliphatic rings. The van der Waals surface area contributed by atoms with Crippen LogP contribution in [0.4, 0.5) is 0 Å². The summed E-state index contributed by atoms with van der Waals surface area (Å²) in [6.45, 7) is 7.61. The van der Waals surface area contributed by atoms with Crippen LogP contribution < -0.4 is 37.6 Å². The molecule has 6 unspecified atom stereocenters. The lowest BCUT2D eigenvalue weighted by atomic mass is 9.86. The second-order valence-electron chi connectivity index (χ2n) is 22.7. The number of rotatable bonds is 9. The Hall–Kier alpha value is -9.54. The summed E-state index contributed by atoms with van der Waals surface area (Å²) in [5.74, 6) is -8.29. The van der Waals surface area contributed by atoms with Gasteiger partial charge in [-0.2, -0.15) is 4.73 Å². The van der Waals surface area contributed by atoms with E-state index in [1.165, 1.54) is 60.0 Å². The van der Waals surface area contributed by atoms with Gasteiger partial charge >= 0.3 is 11.9 Å². The van der Waals surface area contributed by atoms with E-state index in [1.807, 2.05) is 0 Å². The van der Waals surface area contributed by atoms with Gasteiger partial charge in [-0.25, -0.2) is 39.5 Å². The van der Waals surface area contributed by atoms with Gasteiger partial charge in [-0.15, -0.1) is 56.7 Å². The Kier molecular flexibility index (Phi) is 18.9. The molecule has 97 heavy (non-hydrogen) atoms. The molecule has 0 radical (unpaired) electrons. The first kappa shape index (κ1) is 67.4. The molecule has 37 heteroatoms. The number of aromatic hydroxyl groups is 1. The van der Waals surface area contributed by atoms with Gasteiger partial charge < -0.3 is 86.6 Å². The number of allylic oxidation sites excluding steroid dienone is 1. The monoisotopic (exact) mass is 1420 g/mol. The van der Waals surface area contributed by atoms with Gasteiger partial charge in [0.2, 0.25) is 5.91 Å². The molecule has 1 saturated heterocycles. The topological polar surface area (TPSA) is 453 Å². The minimum atomic E-state index is -1.92. The Morgan fingerprint density at radius 2 is 1.53 bits per heavy atom. The third kappa shape index (κ3) is 13.3. The fourth-order valence-electron chi connectivity index (χ4n) is 11.3. The summed E-state index contributed by atoms with van der Waals surface area (Å²) < 4.78 is 38.0. The van der Waals surface area contributed by atoms with Crippen molar-refractivity contribution in [1.82, 2.24) is 66.5 Å². The summed E-state index contributed by atoms with van der Waals surface area (Å²) >= 11 is 4.45. The number of likely N-dealkylation sites (N-methyl/N-ethyl adjacent to an activating group) is 1. The molecule has 12 rings (SSSR count). The number of benzene rings is 1. The lowest BCUT2D eigenvalue weighted by Crippen LogP contribution is -2.61. The summed E-state index contributed by atoms with van der Waals surface area (Å²) in [6.07, 6.45) is -7.59. The maximum absolute atomic E-state index is 15.1. The minimum Gasteiger partial charge on any atom is -0.506 e. The van der Waals surface area contributed by atoms with Crippen molar-refractivity contribution in [3.8, 4) is 38.4 Å². The van der Waals surface area contributed by atoms with E-state index in [9.17, 15) is 49.3 Å². The second kappa shape index (κ2) is 27.2. The SMILES string of the molecule is C=C(NC(=O)c1csc(-c2nc3c(cc2O)-c2nc(cs2)C(=O)NC(C(C)O)C(=O)N/C(=C(\C)OC)c2nc(cs2)C(=O)NC2c4nc(cs4)C(=O)NC(COC(=O)c4c5c6c(cccc6n4O)COC(=O)C(O[C@H]4C[C@](C)(O)[C@H](NC)[C@H](C)O4)C2OC5)c2nc-3cs2)n1)C(N)=O. The molecule has 7 aromatic heterocycles. The van der Waals surface area contributed by atoms with Crippen LogP contribution in [0.2, 0.25) is 0 Å². The first-order valence-electron chi connectivity index (χ1n) is 29.3. The van der Waals surface area contributed by atoms with E-state index >= 15 is 9.59 Å². The maximum atomic E-state index is 15.1. The minimum absolute atomic E-state index is 0.00733. The number of thiazole rings is 5. The maximum Gasteiger partial charge on any atom is 0.358 e. The second-order valence-corrected chi connectivity index (χ2v) is 27.0. The number of fused-ring (bicyclic) bond motifs is 15. The van der Waals surface area contributed by atoms with Crippen molar-refractivity contribution in [2.24, 2.45) is 5.73 Å². The molecule has 1 aromatic carbocycles. The number of hydrogen-bond donors (Lipinski definition) is 11. The van der Waals surface area contributed by atoms with E-state index in [-0.39, 0.29) is 105 Å². The fraction of sp³-hybridized carbons (Fsp3) is 0.333. The Morgan fingerprint density at radius 1 is 0.856 bits per heavy atom. The summed E-state index contributed by atoms with van der Waals surface area (Å²) in [5.41, 5.74) is 1.97. The van der Waals surface area contributed by atoms with Crippen LogP contribution in [0.1, 0.15) is 125 Å². The number of ether oxygens (including phenoxy) is 6. The van der Waals surface area contributed by atoms with Crippen LogP contribution in [-0.2, 0) is 56.0 Å². The van der Waals surface area contributed by atoms with Crippen LogP contribution in [0.25, 0.3) is 49.3 Å². The lowest BCUT2D eigenvalue weighted by Gasteiger charge is -2.45. The zero-order valence-electron chi connectivity index (χ0n) is 51.7. The molecule has 0 saturated carbocycles. The molecule has 0 spiro atoms. The highest BCUT2D eigenvalue weighted by atomic mass is 32.1. The number of aliphatic hydroxyl groups is 2. The number of aromatic nitrogens is 7. The molecular weight excluding hydrogens is 1370 g/mol. The van der Waals surface area contributed by atoms with E-state index in [1.54, 1.807) is 33.0 Å². The van der Waals surface area contributed by atoms with Crippen molar-refractivity contribution in [2.75, 3.05) is 20.8 Å². The van der Waals surface area contributed by atoms with Crippen molar-refractivity contribution in [1.29, 1.82) is 0 Å². The molecule has 12 bridgehead atoms. The largest absolute Gasteiger partial charge is 0.506 e. The standard InChI is InChI=1S/C60H58N14O18S5/c1-21(47(61)77)63-48(78)30-18-96-56(68-30)41-35(76)11-26-40(70-41)29-16-94-54(65-29)28-15-90-58(83)43-27-14-88-44(45(92-36-12-60(5,85)46(62-6)24(4)91-36)59(84)89-13-25-9-8-10-34(37(25)27)74(43)86)42(57-69-31(19-97-57)49(79)64-28)73-51(81)33-20-95-55(67-33)39(23(3)87-7)72-52(82)38(22(2)75)71-50(80)32-17-93-53(26)66-32/h8-11,16-20,22,24,28,36,38,42,44-46,62,75-76,85-86H,1,12-15H2,2-7H3,(H2,61,77)(H,63,78)(H,64,79)(H,71,80)(H,72,82)(H,73,81)/b39-23+/t22?,24-,28?,36-,38?,42?,44?,45?,46+,60-/m0/s1. The number of methoxy groups -OCH3 is 1. The highest BCUT2D eigenvalue weighted by Gasteiger charge is 2.49. The average molecular weight is 1420 g/mol. The van der Waals surface area contributed by atoms with Crippen molar-refractivity contribution >= 4 is 121 Å². The number of nitrogens with two attached hydrogens (primary N) is 1. The van der Waals surface area contributed by atoms with Gasteiger partial charge in [-0.1, -0.05) is 18.7 Å². The third-order valence-electron chi connectivity index (χ3n) is 16.1. The number of primary amides is 1. The molecule has 0 aliphatic carbocycles. The summed E-state index contributed by atoms with van der Waals surface area (Å²) in [4.78, 5) is 142. The molecule has 4 aliphatic heterocycles. The van der Waals surface area contributed by atoms with Gasteiger partial charge in [0.1, 0.15) is 120 Å². The van der Waals surface area contributed by atoms with Crippen LogP contribution in [-0.4, -0.2) is 172 Å². The number of amides is 6. The van der Waals surface area contributed by atoms with E-state index < -0.39 is 145 Å². The lowest BCUT2D eigenvalue weighted by molar-refractivity contribution is -0.272. The van der Waals surface area contributed by atoms with Crippen molar-refractivity contribution in [3.63, 3.8) is 0 Å². The Morgan fingerprint density at radius 3 is 2.25 bits per heavy atom. The number of hydrogen-bond acceptors (Lipinski definition) is 30. The molecular formula is C60H58N14O18S5. The molecule has 6 amide bonds. The van der Waals surface area contributed by atoms with Crippen LogP contribution in [0, 0.1) is 0 Å². The Labute approximate surface area is 567 Å². The number of aliphatic hydroxyl groups excluding tert-OH is 1. The quantitative estimate of drug-likeness (QED) is 0.0426. The van der Waals surface area contributed by atoms with E-state index in [0.717, 1.165) is 56.7 Å². The molecule has 12 N–H and O–H groups in total. The van der Waals surface area contributed by atoms with Gasteiger partial charge in [0.15, 0.2) is 18.1 Å². The van der Waals surface area contributed by atoms with Crippen LogP contribution in [0.15, 0.2) is 69.2 Å². The molecule has 8 aromatic rings. The number of nitrogens with zero attached hydrogens (tertiary/aromatic N) is 7. The smallest absolute Gasteiger partial charge is 0.358 e. The van der Waals surface area contributed by atoms with E-state index in [0.29, 0.717) is 10.3 Å². The first-order chi connectivity index (χ1) is 46.3. The number of cyclic esters (lactones) is 2. The summed E-state index contributed by atoms with van der Waals surface area (Å²) in [6, 6.07) is 0.568. The normalized spacial score (nSPS) is 24.1. The Balaban J connectivity index is 1.04. The van der Waals surface area contributed by atoms with Gasteiger partial charge in [0.25, 0.3) is 29.5 Å². The van der Waals surface area contributed by atoms with Crippen LogP contribution in [0.3, 0.4) is 0 Å².